The van der Waals surface area contributed by atoms with Crippen molar-refractivity contribution in [1.29, 1.82) is 0 Å². The molecule has 3 unspecified atom stereocenters. The molecular formula is C16H20N2OS. The standard InChI is InChI=1S/C16H20N2OS/c1-10-8-14(20-16-18-11(2)9-19-16)15(17-3)13-7-5-4-6-12(10)13/h4-7,9-10,14-15,17H,8H2,1-3H3. The van der Waals surface area contributed by atoms with E-state index in [9.17, 15) is 0 Å². The third-order valence-electron chi connectivity index (χ3n) is 3.98. The molecule has 0 amide bonds. The van der Waals surface area contributed by atoms with E-state index in [4.69, 9.17) is 4.42 Å². The zero-order valence-electron chi connectivity index (χ0n) is 12.1. The van der Waals surface area contributed by atoms with Crippen molar-refractivity contribution in [3.05, 3.63) is 47.3 Å². The van der Waals surface area contributed by atoms with Gasteiger partial charge in [-0.3, -0.25) is 0 Å². The molecule has 3 rings (SSSR count). The summed E-state index contributed by atoms with van der Waals surface area (Å²) in [6.07, 6.45) is 2.85. The Morgan fingerprint density at radius 2 is 2.05 bits per heavy atom. The van der Waals surface area contributed by atoms with E-state index in [0.717, 1.165) is 17.3 Å². The minimum Gasteiger partial charge on any atom is -0.440 e. The number of hydrogen-bond donors (Lipinski definition) is 1. The SMILES string of the molecule is CNC1c2ccccc2C(C)CC1Sc1nc(C)co1. The van der Waals surface area contributed by atoms with Gasteiger partial charge in [-0.05, 0) is 37.4 Å². The zero-order chi connectivity index (χ0) is 14.1. The second-order valence-corrected chi connectivity index (χ2v) is 6.63. The van der Waals surface area contributed by atoms with Gasteiger partial charge in [0, 0.05) is 11.3 Å². The van der Waals surface area contributed by atoms with Crippen LogP contribution in [-0.2, 0) is 0 Å². The minimum atomic E-state index is 0.347. The quantitative estimate of drug-likeness (QED) is 0.929. The van der Waals surface area contributed by atoms with Gasteiger partial charge in [0.1, 0.15) is 6.26 Å². The number of oxazole rings is 1. The third-order valence-corrected chi connectivity index (χ3v) is 5.14. The number of fused-ring (bicyclic) bond motifs is 1. The molecule has 106 valence electrons. The van der Waals surface area contributed by atoms with Gasteiger partial charge in [-0.15, -0.1) is 0 Å². The molecule has 0 spiro atoms. The number of aromatic nitrogens is 1. The summed E-state index contributed by atoms with van der Waals surface area (Å²) < 4.78 is 5.51. The molecule has 3 nitrogen and oxygen atoms in total. The molecule has 1 heterocycles. The number of thioether (sulfide) groups is 1. The molecule has 1 N–H and O–H groups in total. The first-order chi connectivity index (χ1) is 9.69. The maximum Gasteiger partial charge on any atom is 0.256 e. The lowest BCUT2D eigenvalue weighted by atomic mass is 9.81. The fraction of sp³-hybridized carbons (Fsp3) is 0.438. The van der Waals surface area contributed by atoms with Gasteiger partial charge in [0.25, 0.3) is 5.22 Å². The van der Waals surface area contributed by atoms with Crippen LogP contribution in [0.5, 0.6) is 0 Å². The molecule has 4 heteroatoms. The average molecular weight is 288 g/mol. The lowest BCUT2D eigenvalue weighted by molar-refractivity contribution is 0.439. The molecule has 0 aliphatic heterocycles. The maximum absolute atomic E-state index is 5.51. The van der Waals surface area contributed by atoms with Crippen molar-refractivity contribution in [1.82, 2.24) is 10.3 Å². The van der Waals surface area contributed by atoms with Crippen molar-refractivity contribution in [3.8, 4) is 0 Å². The molecule has 0 fully saturated rings. The smallest absolute Gasteiger partial charge is 0.256 e. The van der Waals surface area contributed by atoms with Crippen LogP contribution in [0.4, 0.5) is 0 Å². The van der Waals surface area contributed by atoms with E-state index in [1.807, 2.05) is 14.0 Å². The summed E-state index contributed by atoms with van der Waals surface area (Å²) in [4.78, 5) is 4.42. The van der Waals surface area contributed by atoms with Gasteiger partial charge in [-0.1, -0.05) is 43.0 Å². The molecule has 0 radical (unpaired) electrons. The first kappa shape index (κ1) is 13.7. The van der Waals surface area contributed by atoms with Crippen molar-refractivity contribution >= 4 is 11.8 Å². The highest BCUT2D eigenvalue weighted by atomic mass is 32.2. The van der Waals surface area contributed by atoms with Crippen LogP contribution in [0.1, 0.15) is 42.1 Å². The maximum atomic E-state index is 5.51. The highest BCUT2D eigenvalue weighted by Crippen LogP contribution is 2.44. The Kier molecular flexibility index (Phi) is 3.85. The summed E-state index contributed by atoms with van der Waals surface area (Å²) in [6, 6.07) is 9.09. The molecule has 0 saturated heterocycles. The van der Waals surface area contributed by atoms with Crippen molar-refractivity contribution < 1.29 is 4.42 Å². The minimum absolute atomic E-state index is 0.347. The molecule has 0 bridgehead atoms. The van der Waals surface area contributed by atoms with Crippen LogP contribution < -0.4 is 5.32 Å². The predicted molar refractivity (Wildman–Crippen MR) is 82.2 cm³/mol. The van der Waals surface area contributed by atoms with Gasteiger partial charge < -0.3 is 9.73 Å². The van der Waals surface area contributed by atoms with Gasteiger partial charge in [0.15, 0.2) is 0 Å². The van der Waals surface area contributed by atoms with Crippen LogP contribution in [0.15, 0.2) is 40.2 Å². The molecule has 3 atom stereocenters. The van der Waals surface area contributed by atoms with Crippen LogP contribution >= 0.6 is 11.8 Å². The molecule has 1 aliphatic rings. The van der Waals surface area contributed by atoms with Crippen molar-refractivity contribution in [2.75, 3.05) is 7.05 Å². The Hall–Kier alpha value is -1.26. The Morgan fingerprint density at radius 1 is 1.30 bits per heavy atom. The van der Waals surface area contributed by atoms with Crippen molar-refractivity contribution in [3.63, 3.8) is 0 Å². The van der Waals surface area contributed by atoms with E-state index in [1.54, 1.807) is 18.0 Å². The normalized spacial score (nSPS) is 25.4. The highest BCUT2D eigenvalue weighted by Gasteiger charge is 2.33. The Morgan fingerprint density at radius 3 is 2.70 bits per heavy atom. The molecule has 2 aromatic rings. The fourth-order valence-electron chi connectivity index (χ4n) is 3.03. The summed E-state index contributed by atoms with van der Waals surface area (Å²) in [5, 5.41) is 4.69. The number of nitrogens with zero attached hydrogens (tertiary/aromatic N) is 1. The zero-order valence-corrected chi connectivity index (χ0v) is 12.9. The van der Waals surface area contributed by atoms with Crippen LogP contribution in [0.2, 0.25) is 0 Å². The summed E-state index contributed by atoms with van der Waals surface area (Å²) in [5.41, 5.74) is 3.82. The Balaban J connectivity index is 1.89. The van der Waals surface area contributed by atoms with Gasteiger partial charge in [0.05, 0.1) is 5.69 Å². The lowest BCUT2D eigenvalue weighted by Gasteiger charge is -2.35. The predicted octanol–water partition coefficient (Wildman–Crippen LogP) is 3.91. The van der Waals surface area contributed by atoms with Crippen molar-refractivity contribution in [2.45, 2.75) is 42.7 Å². The lowest BCUT2D eigenvalue weighted by Crippen LogP contribution is -2.33. The number of hydrogen-bond acceptors (Lipinski definition) is 4. The number of benzene rings is 1. The second-order valence-electron chi connectivity index (χ2n) is 5.44. The fourth-order valence-corrected chi connectivity index (χ4v) is 4.39. The first-order valence-corrected chi connectivity index (χ1v) is 7.92. The monoisotopic (exact) mass is 288 g/mol. The summed E-state index contributed by atoms with van der Waals surface area (Å²) in [6.45, 7) is 4.26. The van der Waals surface area contributed by atoms with Gasteiger partial charge in [-0.25, -0.2) is 4.98 Å². The Labute approximate surface area is 124 Å². The number of aryl methyl sites for hydroxylation is 1. The summed E-state index contributed by atoms with van der Waals surface area (Å²) in [5.74, 6) is 0.573. The molecular weight excluding hydrogens is 268 g/mol. The Bertz CT molecular complexity index is 596. The van der Waals surface area contributed by atoms with Crippen LogP contribution in [-0.4, -0.2) is 17.3 Å². The van der Waals surface area contributed by atoms with Crippen LogP contribution in [0.3, 0.4) is 0 Å². The van der Waals surface area contributed by atoms with E-state index in [0.29, 0.717) is 17.2 Å². The second kappa shape index (κ2) is 5.62. The molecule has 20 heavy (non-hydrogen) atoms. The largest absolute Gasteiger partial charge is 0.440 e. The average Bonchev–Trinajstić information content (AvgIpc) is 2.85. The van der Waals surface area contributed by atoms with Crippen LogP contribution in [0, 0.1) is 6.92 Å². The first-order valence-electron chi connectivity index (χ1n) is 7.04. The molecule has 1 aromatic carbocycles. The van der Waals surface area contributed by atoms with Crippen molar-refractivity contribution in [2.24, 2.45) is 0 Å². The van der Waals surface area contributed by atoms with E-state index in [1.165, 1.54) is 11.1 Å². The van der Waals surface area contributed by atoms with Gasteiger partial charge in [0.2, 0.25) is 0 Å². The van der Waals surface area contributed by atoms with E-state index >= 15 is 0 Å². The highest BCUT2D eigenvalue weighted by molar-refractivity contribution is 7.99. The topological polar surface area (TPSA) is 38.1 Å². The van der Waals surface area contributed by atoms with E-state index < -0.39 is 0 Å². The third kappa shape index (κ3) is 2.50. The molecule has 1 aromatic heterocycles. The summed E-state index contributed by atoms with van der Waals surface area (Å²) >= 11 is 1.75. The molecule has 1 aliphatic carbocycles. The van der Waals surface area contributed by atoms with Gasteiger partial charge >= 0.3 is 0 Å². The number of rotatable bonds is 3. The number of nitrogens with one attached hydrogen (secondary N) is 1. The van der Waals surface area contributed by atoms with E-state index in [-0.39, 0.29) is 0 Å². The van der Waals surface area contributed by atoms with Gasteiger partial charge in [-0.2, -0.15) is 0 Å². The summed E-state index contributed by atoms with van der Waals surface area (Å²) in [7, 11) is 2.03. The van der Waals surface area contributed by atoms with Crippen LogP contribution in [0.25, 0.3) is 0 Å². The van der Waals surface area contributed by atoms with E-state index in [2.05, 4.69) is 41.5 Å². The molecule has 0 saturated carbocycles.